The third kappa shape index (κ3) is 5.64. The van der Waals surface area contributed by atoms with Gasteiger partial charge in [0.05, 0.1) is 30.8 Å². The summed E-state index contributed by atoms with van der Waals surface area (Å²) in [6.07, 6.45) is 0. The van der Waals surface area contributed by atoms with Crippen LogP contribution < -0.4 is 19.1 Å². The number of carbonyl (C=O) groups excluding carboxylic acids is 1. The average molecular weight is 469 g/mol. The predicted octanol–water partition coefficient (Wildman–Crippen LogP) is 4.08. The lowest BCUT2D eigenvalue weighted by Crippen LogP contribution is -2.41. The summed E-state index contributed by atoms with van der Waals surface area (Å²) in [7, 11) is -1.17. The molecule has 0 radical (unpaired) electrons. The maximum atomic E-state index is 13.6. The second-order valence-electron chi connectivity index (χ2n) is 7.56. The zero-order valence-electron chi connectivity index (χ0n) is 19.1. The van der Waals surface area contributed by atoms with E-state index in [1.807, 2.05) is 44.2 Å². The first-order valence-electron chi connectivity index (χ1n) is 10.4. The SMILES string of the molecule is COc1ccc(S(=O)(=O)N(CC(=O)N[C@H](C)c2ccccc2)c2ccc(C)cc2)cc1OC. The fraction of sp³-hybridized carbons (Fsp3) is 0.240. The molecule has 0 aliphatic heterocycles. The van der Waals surface area contributed by atoms with Crippen LogP contribution in [0.15, 0.2) is 77.7 Å². The first-order valence-corrected chi connectivity index (χ1v) is 11.9. The Morgan fingerprint density at radius 1 is 0.939 bits per heavy atom. The van der Waals surface area contributed by atoms with Crippen LogP contribution in [0.2, 0.25) is 0 Å². The van der Waals surface area contributed by atoms with E-state index in [9.17, 15) is 13.2 Å². The first-order chi connectivity index (χ1) is 15.8. The fourth-order valence-corrected chi connectivity index (χ4v) is 4.81. The van der Waals surface area contributed by atoms with Gasteiger partial charge in [-0.15, -0.1) is 0 Å². The molecule has 0 aliphatic carbocycles. The van der Waals surface area contributed by atoms with Crippen molar-refractivity contribution in [1.82, 2.24) is 5.32 Å². The molecule has 174 valence electrons. The molecule has 7 nitrogen and oxygen atoms in total. The van der Waals surface area contributed by atoms with Gasteiger partial charge in [0.2, 0.25) is 5.91 Å². The fourth-order valence-electron chi connectivity index (χ4n) is 3.37. The maximum absolute atomic E-state index is 13.6. The molecule has 0 heterocycles. The molecule has 0 aliphatic rings. The molecule has 0 saturated carbocycles. The first kappa shape index (κ1) is 24.1. The monoisotopic (exact) mass is 468 g/mol. The van der Waals surface area contributed by atoms with Crippen molar-refractivity contribution in [2.75, 3.05) is 25.1 Å². The molecule has 1 atom stereocenters. The molecule has 3 aromatic rings. The number of anilines is 1. The number of sulfonamides is 1. The van der Waals surface area contributed by atoms with Crippen LogP contribution in [0.4, 0.5) is 5.69 Å². The minimum Gasteiger partial charge on any atom is -0.493 e. The van der Waals surface area contributed by atoms with Gasteiger partial charge in [0.1, 0.15) is 6.54 Å². The van der Waals surface area contributed by atoms with Gasteiger partial charge in [0, 0.05) is 6.07 Å². The standard InChI is InChI=1S/C25H28N2O5S/c1-18-10-12-21(13-11-18)27(17-25(28)26-19(2)20-8-6-5-7-9-20)33(29,30)22-14-15-23(31-3)24(16-22)32-4/h5-16,19H,17H2,1-4H3,(H,26,28)/t19-/m1/s1. The molecule has 0 aromatic heterocycles. The van der Waals surface area contributed by atoms with E-state index in [-0.39, 0.29) is 23.2 Å². The van der Waals surface area contributed by atoms with Crippen molar-refractivity contribution in [3.8, 4) is 11.5 Å². The van der Waals surface area contributed by atoms with Crippen molar-refractivity contribution < 1.29 is 22.7 Å². The smallest absolute Gasteiger partial charge is 0.264 e. The molecule has 0 bridgehead atoms. The highest BCUT2D eigenvalue weighted by Crippen LogP contribution is 2.32. The second kappa shape index (κ2) is 10.4. The van der Waals surface area contributed by atoms with Crippen molar-refractivity contribution in [3.05, 3.63) is 83.9 Å². The number of hydrogen-bond acceptors (Lipinski definition) is 5. The van der Waals surface area contributed by atoms with Gasteiger partial charge in [0.15, 0.2) is 11.5 Å². The number of nitrogens with one attached hydrogen (secondary N) is 1. The Morgan fingerprint density at radius 2 is 1.58 bits per heavy atom. The van der Waals surface area contributed by atoms with Crippen LogP contribution in [0.25, 0.3) is 0 Å². The van der Waals surface area contributed by atoms with Gasteiger partial charge in [-0.2, -0.15) is 0 Å². The van der Waals surface area contributed by atoms with Crippen LogP contribution in [0.5, 0.6) is 11.5 Å². The topological polar surface area (TPSA) is 84.9 Å². The molecule has 0 fully saturated rings. The van der Waals surface area contributed by atoms with E-state index in [0.717, 1.165) is 15.4 Å². The van der Waals surface area contributed by atoms with Gasteiger partial charge in [-0.05, 0) is 43.7 Å². The van der Waals surface area contributed by atoms with Gasteiger partial charge in [-0.3, -0.25) is 9.10 Å². The molecule has 0 saturated heterocycles. The lowest BCUT2D eigenvalue weighted by Gasteiger charge is -2.25. The second-order valence-corrected chi connectivity index (χ2v) is 9.43. The van der Waals surface area contributed by atoms with Crippen molar-refractivity contribution in [1.29, 1.82) is 0 Å². The number of methoxy groups -OCH3 is 2. The minimum atomic E-state index is -4.08. The van der Waals surface area contributed by atoms with Crippen molar-refractivity contribution >= 4 is 21.6 Å². The van der Waals surface area contributed by atoms with Crippen molar-refractivity contribution in [2.24, 2.45) is 0 Å². The summed E-state index contributed by atoms with van der Waals surface area (Å²) in [5, 5.41) is 2.88. The number of rotatable bonds is 9. The Kier molecular flexibility index (Phi) is 7.60. The number of aryl methyl sites for hydroxylation is 1. The molecule has 0 spiro atoms. The molecule has 1 N–H and O–H groups in total. The molecule has 3 rings (SSSR count). The van der Waals surface area contributed by atoms with Crippen LogP contribution in [0, 0.1) is 6.92 Å². The van der Waals surface area contributed by atoms with E-state index in [4.69, 9.17) is 9.47 Å². The van der Waals surface area contributed by atoms with E-state index in [1.54, 1.807) is 24.3 Å². The molecular weight excluding hydrogens is 440 g/mol. The average Bonchev–Trinajstić information content (AvgIpc) is 2.83. The third-order valence-electron chi connectivity index (χ3n) is 5.23. The minimum absolute atomic E-state index is 0.00960. The Hall–Kier alpha value is -3.52. The number of nitrogens with zero attached hydrogens (tertiary/aromatic N) is 1. The summed E-state index contributed by atoms with van der Waals surface area (Å²) in [5.74, 6) is 0.272. The van der Waals surface area contributed by atoms with Gasteiger partial charge in [0.25, 0.3) is 10.0 Å². The zero-order valence-corrected chi connectivity index (χ0v) is 19.9. The largest absolute Gasteiger partial charge is 0.493 e. The summed E-state index contributed by atoms with van der Waals surface area (Å²) in [6.45, 7) is 3.38. The summed E-state index contributed by atoms with van der Waals surface area (Å²) < 4.78 is 38.8. The molecule has 3 aromatic carbocycles. The molecule has 8 heteroatoms. The number of amides is 1. The van der Waals surface area contributed by atoms with Crippen molar-refractivity contribution in [2.45, 2.75) is 24.8 Å². The summed E-state index contributed by atoms with van der Waals surface area (Å²) in [5.41, 5.74) is 2.29. The number of ether oxygens (including phenoxy) is 2. The molecular formula is C25H28N2O5S. The molecule has 1 amide bonds. The van der Waals surface area contributed by atoms with Crippen LogP contribution >= 0.6 is 0 Å². The van der Waals surface area contributed by atoms with Gasteiger partial charge in [-0.1, -0.05) is 48.0 Å². The Bertz CT molecular complexity index is 1200. The van der Waals surface area contributed by atoms with Crippen LogP contribution in [-0.2, 0) is 14.8 Å². The lowest BCUT2D eigenvalue weighted by atomic mass is 10.1. The molecule has 0 unspecified atom stereocenters. The number of carbonyl (C=O) groups is 1. The summed E-state index contributed by atoms with van der Waals surface area (Å²) in [6, 6.07) is 20.5. The number of benzene rings is 3. The Labute approximate surface area is 195 Å². The summed E-state index contributed by atoms with van der Waals surface area (Å²) >= 11 is 0. The third-order valence-corrected chi connectivity index (χ3v) is 7.00. The summed E-state index contributed by atoms with van der Waals surface area (Å²) in [4.78, 5) is 12.9. The van der Waals surface area contributed by atoms with E-state index in [2.05, 4.69) is 5.32 Å². The van der Waals surface area contributed by atoms with Gasteiger partial charge in [-0.25, -0.2) is 8.42 Å². The van der Waals surface area contributed by atoms with Crippen LogP contribution in [-0.4, -0.2) is 35.1 Å². The Balaban J connectivity index is 1.94. The van der Waals surface area contributed by atoms with E-state index >= 15 is 0 Å². The molecule has 33 heavy (non-hydrogen) atoms. The number of hydrogen-bond donors (Lipinski definition) is 1. The Morgan fingerprint density at radius 3 is 2.18 bits per heavy atom. The highest BCUT2D eigenvalue weighted by Gasteiger charge is 2.28. The quantitative estimate of drug-likeness (QED) is 0.511. The predicted molar refractivity (Wildman–Crippen MR) is 128 cm³/mol. The van der Waals surface area contributed by atoms with Crippen LogP contribution in [0.3, 0.4) is 0 Å². The van der Waals surface area contributed by atoms with E-state index < -0.39 is 15.9 Å². The highest BCUT2D eigenvalue weighted by atomic mass is 32.2. The van der Waals surface area contributed by atoms with Gasteiger partial charge < -0.3 is 14.8 Å². The maximum Gasteiger partial charge on any atom is 0.264 e. The van der Waals surface area contributed by atoms with E-state index in [0.29, 0.717) is 11.4 Å². The zero-order chi connectivity index (χ0) is 24.0. The van der Waals surface area contributed by atoms with Crippen molar-refractivity contribution in [3.63, 3.8) is 0 Å². The highest BCUT2D eigenvalue weighted by molar-refractivity contribution is 7.92. The lowest BCUT2D eigenvalue weighted by molar-refractivity contribution is -0.120. The van der Waals surface area contributed by atoms with Gasteiger partial charge >= 0.3 is 0 Å². The van der Waals surface area contributed by atoms with E-state index in [1.165, 1.54) is 32.4 Å². The van der Waals surface area contributed by atoms with Crippen LogP contribution in [0.1, 0.15) is 24.1 Å². The normalized spacial score (nSPS) is 12.0.